The minimum atomic E-state index is 0.0559. The molecule has 1 aromatic rings. The van der Waals surface area contributed by atoms with Crippen molar-refractivity contribution in [2.24, 2.45) is 5.84 Å². The first-order valence-electron chi connectivity index (χ1n) is 4.60. The summed E-state index contributed by atoms with van der Waals surface area (Å²) in [6.45, 7) is 5.85. The van der Waals surface area contributed by atoms with Crippen LogP contribution in [0.3, 0.4) is 0 Å². The molecule has 0 radical (unpaired) electrons. The third-order valence-corrected chi connectivity index (χ3v) is 2.00. The second-order valence-corrected chi connectivity index (χ2v) is 3.35. The van der Waals surface area contributed by atoms with Gasteiger partial charge < -0.3 is 0 Å². The highest BCUT2D eigenvalue weighted by Gasteiger charge is 2.10. The molecule has 0 aliphatic rings. The van der Waals surface area contributed by atoms with E-state index in [1.54, 1.807) is 18.6 Å². The molecule has 0 aliphatic heterocycles. The molecule has 0 aliphatic carbocycles. The monoisotopic (exact) mass is 192 g/mol. The number of hydrazine groups is 1. The Morgan fingerprint density at radius 1 is 1.64 bits per heavy atom. The number of nitrogens with one attached hydrogen (secondary N) is 1. The van der Waals surface area contributed by atoms with E-state index in [1.807, 2.05) is 6.92 Å². The van der Waals surface area contributed by atoms with Gasteiger partial charge in [0.05, 0.1) is 17.9 Å². The highest BCUT2D eigenvalue weighted by atomic mass is 15.2. The van der Waals surface area contributed by atoms with E-state index in [4.69, 9.17) is 5.84 Å². The Labute approximate surface area is 84.2 Å². The molecule has 4 nitrogen and oxygen atoms in total. The Bertz CT molecular complexity index is 283. The predicted octanol–water partition coefficient (Wildman–Crippen LogP) is 1.34. The van der Waals surface area contributed by atoms with Crippen LogP contribution >= 0.6 is 0 Å². The van der Waals surface area contributed by atoms with Crippen LogP contribution in [-0.2, 0) is 0 Å². The molecule has 0 spiro atoms. The highest BCUT2D eigenvalue weighted by molar-refractivity contribution is 5.03. The standard InChI is InChI=1S/C10H16N4/c1-8(2)3-4-9(14-11)10-7-12-5-6-13-10/h5-7,9,14H,1,3-4,11H2,2H3. The minimum Gasteiger partial charge on any atom is -0.271 e. The van der Waals surface area contributed by atoms with Gasteiger partial charge in [0.2, 0.25) is 0 Å². The summed E-state index contributed by atoms with van der Waals surface area (Å²) in [5, 5.41) is 0. The normalized spacial score (nSPS) is 12.4. The second-order valence-electron chi connectivity index (χ2n) is 3.35. The molecule has 0 bridgehead atoms. The minimum absolute atomic E-state index is 0.0559. The molecule has 4 heteroatoms. The molecule has 1 heterocycles. The first-order valence-corrected chi connectivity index (χ1v) is 4.60. The summed E-state index contributed by atoms with van der Waals surface area (Å²) in [6.07, 6.45) is 6.87. The maximum Gasteiger partial charge on any atom is 0.0769 e. The number of hydrogen-bond donors (Lipinski definition) is 2. The van der Waals surface area contributed by atoms with E-state index in [1.165, 1.54) is 0 Å². The third-order valence-electron chi connectivity index (χ3n) is 2.00. The van der Waals surface area contributed by atoms with Crippen molar-refractivity contribution in [3.63, 3.8) is 0 Å². The van der Waals surface area contributed by atoms with Gasteiger partial charge in [0.25, 0.3) is 0 Å². The Kier molecular flexibility index (Phi) is 4.22. The first kappa shape index (κ1) is 10.8. The van der Waals surface area contributed by atoms with Crippen molar-refractivity contribution in [2.45, 2.75) is 25.8 Å². The fourth-order valence-corrected chi connectivity index (χ4v) is 1.20. The molecule has 14 heavy (non-hydrogen) atoms. The maximum atomic E-state index is 5.44. The van der Waals surface area contributed by atoms with Crippen LogP contribution in [0.5, 0.6) is 0 Å². The average Bonchev–Trinajstić information content (AvgIpc) is 2.20. The van der Waals surface area contributed by atoms with Crippen LogP contribution in [0, 0.1) is 0 Å². The smallest absolute Gasteiger partial charge is 0.0769 e. The lowest BCUT2D eigenvalue weighted by atomic mass is 10.1. The summed E-state index contributed by atoms with van der Waals surface area (Å²) >= 11 is 0. The quantitative estimate of drug-likeness (QED) is 0.420. The SMILES string of the molecule is C=C(C)CCC(NN)c1cnccn1. The highest BCUT2D eigenvalue weighted by Crippen LogP contribution is 2.16. The van der Waals surface area contributed by atoms with Crippen molar-refractivity contribution in [2.75, 3.05) is 0 Å². The van der Waals surface area contributed by atoms with Gasteiger partial charge in [0, 0.05) is 12.4 Å². The molecule has 76 valence electrons. The van der Waals surface area contributed by atoms with Crippen molar-refractivity contribution in [1.82, 2.24) is 15.4 Å². The number of allylic oxidation sites excluding steroid dienone is 1. The lowest BCUT2D eigenvalue weighted by molar-refractivity contribution is 0.502. The third kappa shape index (κ3) is 3.24. The Morgan fingerprint density at radius 2 is 2.43 bits per heavy atom. The average molecular weight is 192 g/mol. The van der Waals surface area contributed by atoms with E-state index in [-0.39, 0.29) is 6.04 Å². The van der Waals surface area contributed by atoms with Gasteiger partial charge in [-0.05, 0) is 19.8 Å². The number of nitrogens with zero attached hydrogens (tertiary/aromatic N) is 2. The largest absolute Gasteiger partial charge is 0.271 e. The topological polar surface area (TPSA) is 63.8 Å². The summed E-state index contributed by atoms with van der Waals surface area (Å²) < 4.78 is 0. The van der Waals surface area contributed by atoms with Gasteiger partial charge in [-0.15, -0.1) is 6.58 Å². The first-order chi connectivity index (χ1) is 6.74. The van der Waals surface area contributed by atoms with Crippen LogP contribution in [0.4, 0.5) is 0 Å². The van der Waals surface area contributed by atoms with E-state index in [2.05, 4.69) is 22.0 Å². The molecule has 3 N–H and O–H groups in total. The number of aromatic nitrogens is 2. The molecule has 1 unspecified atom stereocenters. The molecule has 0 amide bonds. The number of nitrogens with two attached hydrogens (primary N) is 1. The van der Waals surface area contributed by atoms with Crippen molar-refractivity contribution in [1.29, 1.82) is 0 Å². The van der Waals surface area contributed by atoms with Crippen LogP contribution in [0.1, 0.15) is 31.5 Å². The second kappa shape index (κ2) is 5.47. The zero-order valence-corrected chi connectivity index (χ0v) is 8.40. The van der Waals surface area contributed by atoms with E-state index >= 15 is 0 Å². The molecule has 1 aromatic heterocycles. The van der Waals surface area contributed by atoms with E-state index in [9.17, 15) is 0 Å². The molecule has 0 saturated carbocycles. The van der Waals surface area contributed by atoms with Crippen LogP contribution in [0.25, 0.3) is 0 Å². The van der Waals surface area contributed by atoms with Gasteiger partial charge in [0.15, 0.2) is 0 Å². The molecular weight excluding hydrogens is 176 g/mol. The molecule has 0 saturated heterocycles. The lowest BCUT2D eigenvalue weighted by Gasteiger charge is -2.14. The Hall–Kier alpha value is -1.26. The molecular formula is C10H16N4. The summed E-state index contributed by atoms with van der Waals surface area (Å²) in [4.78, 5) is 8.19. The van der Waals surface area contributed by atoms with Crippen molar-refractivity contribution in [3.05, 3.63) is 36.4 Å². The Morgan fingerprint density at radius 3 is 2.93 bits per heavy atom. The van der Waals surface area contributed by atoms with Crippen LogP contribution in [0.2, 0.25) is 0 Å². The van der Waals surface area contributed by atoms with Gasteiger partial charge >= 0.3 is 0 Å². The molecule has 0 fully saturated rings. The molecule has 1 atom stereocenters. The van der Waals surface area contributed by atoms with E-state index in [0.29, 0.717) is 0 Å². The van der Waals surface area contributed by atoms with Gasteiger partial charge in [-0.25, -0.2) is 0 Å². The summed E-state index contributed by atoms with van der Waals surface area (Å²) in [5.74, 6) is 5.44. The molecule has 1 rings (SSSR count). The summed E-state index contributed by atoms with van der Waals surface area (Å²) in [6, 6.07) is 0.0559. The van der Waals surface area contributed by atoms with Gasteiger partial charge in [-0.1, -0.05) is 5.57 Å². The van der Waals surface area contributed by atoms with Gasteiger partial charge in [0.1, 0.15) is 0 Å². The zero-order valence-electron chi connectivity index (χ0n) is 8.40. The number of hydrogen-bond acceptors (Lipinski definition) is 4. The lowest BCUT2D eigenvalue weighted by Crippen LogP contribution is -2.28. The summed E-state index contributed by atoms with van der Waals surface area (Å²) in [5.41, 5.74) is 4.75. The van der Waals surface area contributed by atoms with Gasteiger partial charge in [-0.2, -0.15) is 0 Å². The van der Waals surface area contributed by atoms with Crippen molar-refractivity contribution >= 4 is 0 Å². The van der Waals surface area contributed by atoms with E-state index < -0.39 is 0 Å². The van der Waals surface area contributed by atoms with Crippen LogP contribution < -0.4 is 11.3 Å². The van der Waals surface area contributed by atoms with Crippen LogP contribution in [0.15, 0.2) is 30.7 Å². The Balaban J connectivity index is 2.58. The molecule has 0 aromatic carbocycles. The van der Waals surface area contributed by atoms with Crippen LogP contribution in [-0.4, -0.2) is 9.97 Å². The maximum absolute atomic E-state index is 5.44. The predicted molar refractivity (Wildman–Crippen MR) is 56.1 cm³/mol. The van der Waals surface area contributed by atoms with E-state index in [0.717, 1.165) is 24.1 Å². The summed E-state index contributed by atoms with van der Waals surface area (Å²) in [7, 11) is 0. The fraction of sp³-hybridized carbons (Fsp3) is 0.400. The fourth-order valence-electron chi connectivity index (χ4n) is 1.20. The van der Waals surface area contributed by atoms with Crippen molar-refractivity contribution < 1.29 is 0 Å². The van der Waals surface area contributed by atoms with Gasteiger partial charge in [-0.3, -0.25) is 21.2 Å². The van der Waals surface area contributed by atoms with Crippen molar-refractivity contribution in [3.8, 4) is 0 Å². The number of rotatable bonds is 5. The zero-order chi connectivity index (χ0) is 10.4.